The Morgan fingerprint density at radius 3 is 2.56 bits per heavy atom. The zero-order chi connectivity index (χ0) is 5.98. The van der Waals surface area contributed by atoms with E-state index < -0.39 is 0 Å². The molecule has 2 nitrogen and oxygen atoms in total. The molecule has 0 saturated heterocycles. The monoisotopic (exact) mass is 209 g/mol. The first-order valence-corrected chi connectivity index (χ1v) is 2.94. The van der Waals surface area contributed by atoms with E-state index in [0.717, 1.165) is 4.60 Å². The fourth-order valence-corrected chi connectivity index (χ4v) is 0.793. The molecule has 0 bridgehead atoms. The number of aromatic hydroxyl groups is 1. The number of aromatic nitrogens is 1. The van der Waals surface area contributed by atoms with Crippen LogP contribution in [0.15, 0.2) is 22.9 Å². The van der Waals surface area contributed by atoms with Crippen molar-refractivity contribution in [2.24, 2.45) is 0 Å². The van der Waals surface area contributed by atoms with E-state index >= 15 is 0 Å². The molecule has 2 N–H and O–H groups in total. The largest absolute Gasteiger partial charge is 1.00 e. The molecule has 0 aliphatic carbocycles. The summed E-state index contributed by atoms with van der Waals surface area (Å²) >= 11 is 3.15. The van der Waals surface area contributed by atoms with E-state index in [1.807, 2.05) is 0 Å². The van der Waals surface area contributed by atoms with E-state index in [1.165, 1.54) is 0 Å². The average Bonchev–Trinajstić information content (AvgIpc) is 1.64. The maximum absolute atomic E-state index is 8.76. The first kappa shape index (κ1) is 8.72. The van der Waals surface area contributed by atoms with Crippen molar-refractivity contribution in [3.63, 3.8) is 0 Å². The van der Waals surface area contributed by atoms with Crippen molar-refractivity contribution in [2.75, 3.05) is 0 Å². The number of nitrogens with one attached hydrogen (secondary N) is 1. The van der Waals surface area contributed by atoms with Gasteiger partial charge in [0, 0.05) is 22.0 Å². The van der Waals surface area contributed by atoms with Crippen LogP contribution in [0.3, 0.4) is 0 Å². The quantitative estimate of drug-likeness (QED) is 0.493. The van der Waals surface area contributed by atoms with Gasteiger partial charge in [0.1, 0.15) is 5.75 Å². The van der Waals surface area contributed by atoms with E-state index in [-0.39, 0.29) is 18.2 Å². The van der Waals surface area contributed by atoms with E-state index in [1.54, 1.807) is 18.3 Å². The Hall–Kier alpha value is -0.280. The summed E-state index contributed by atoms with van der Waals surface area (Å²) in [6.07, 6.45) is 1.65. The molecule has 1 aromatic rings. The molecule has 0 radical (unpaired) electrons. The third-order valence-corrected chi connectivity index (χ3v) is 1.21. The molecular formula is C5H5BrClNO. The Labute approximate surface area is 67.5 Å². The number of pyridine rings is 1. The van der Waals surface area contributed by atoms with Gasteiger partial charge in [-0.05, 0) is 0 Å². The van der Waals surface area contributed by atoms with Gasteiger partial charge in [0.25, 0.3) is 0 Å². The van der Waals surface area contributed by atoms with Gasteiger partial charge in [-0.15, -0.1) is 0 Å². The molecule has 0 aliphatic rings. The third kappa shape index (κ3) is 2.67. The minimum Gasteiger partial charge on any atom is -1.00 e. The Morgan fingerprint density at radius 2 is 2.22 bits per heavy atom. The number of hydrogen-bond acceptors (Lipinski definition) is 1. The minimum atomic E-state index is 0. The minimum absolute atomic E-state index is 0. The fourth-order valence-electron chi connectivity index (χ4n) is 0.426. The van der Waals surface area contributed by atoms with Crippen LogP contribution in [0.25, 0.3) is 0 Å². The number of hydrogen-bond donors (Lipinski definition) is 1. The molecule has 4 heteroatoms. The predicted octanol–water partition coefficient (Wildman–Crippen LogP) is -2.03. The second-order valence-electron chi connectivity index (χ2n) is 1.39. The third-order valence-electron chi connectivity index (χ3n) is 0.750. The van der Waals surface area contributed by atoms with Crippen LogP contribution >= 0.6 is 15.9 Å². The Kier molecular flexibility index (Phi) is 3.58. The SMILES string of the molecule is Oc1cc[nH+]c(Br)c1.[Cl-]. The Balaban J connectivity index is 0.000000640. The molecule has 50 valence electrons. The van der Waals surface area contributed by atoms with Gasteiger partial charge in [-0.2, -0.15) is 0 Å². The van der Waals surface area contributed by atoms with Crippen LogP contribution in [-0.2, 0) is 0 Å². The van der Waals surface area contributed by atoms with Crippen LogP contribution in [0.4, 0.5) is 0 Å². The van der Waals surface area contributed by atoms with Gasteiger partial charge in [0.2, 0.25) is 4.60 Å². The van der Waals surface area contributed by atoms with Crippen molar-refractivity contribution in [3.05, 3.63) is 22.9 Å². The van der Waals surface area contributed by atoms with Crippen LogP contribution in [0, 0.1) is 0 Å². The first-order valence-electron chi connectivity index (χ1n) is 2.15. The molecule has 1 aromatic heterocycles. The van der Waals surface area contributed by atoms with Crippen molar-refractivity contribution in [1.29, 1.82) is 0 Å². The number of aromatic amines is 1. The topological polar surface area (TPSA) is 34.4 Å². The summed E-state index contributed by atoms with van der Waals surface area (Å²) in [6, 6.07) is 3.16. The molecule has 0 aromatic carbocycles. The molecule has 9 heavy (non-hydrogen) atoms. The number of halogens is 2. The first-order chi connectivity index (χ1) is 3.79. The number of rotatable bonds is 0. The van der Waals surface area contributed by atoms with Crippen LogP contribution in [0.1, 0.15) is 0 Å². The van der Waals surface area contributed by atoms with Crippen molar-refractivity contribution in [1.82, 2.24) is 0 Å². The van der Waals surface area contributed by atoms with Crippen LogP contribution in [0.5, 0.6) is 5.75 Å². The second kappa shape index (κ2) is 3.69. The van der Waals surface area contributed by atoms with Crippen molar-refractivity contribution in [2.45, 2.75) is 0 Å². The zero-order valence-electron chi connectivity index (χ0n) is 4.44. The molecule has 1 heterocycles. The second-order valence-corrected chi connectivity index (χ2v) is 2.25. The summed E-state index contributed by atoms with van der Waals surface area (Å²) in [7, 11) is 0. The zero-order valence-corrected chi connectivity index (χ0v) is 6.78. The van der Waals surface area contributed by atoms with Gasteiger partial charge in [-0.1, -0.05) is 0 Å². The fraction of sp³-hybridized carbons (Fsp3) is 0. The lowest BCUT2D eigenvalue weighted by molar-refractivity contribution is -0.392. The van der Waals surface area contributed by atoms with Gasteiger partial charge in [0.15, 0.2) is 6.20 Å². The lowest BCUT2D eigenvalue weighted by Gasteiger charge is -1.82. The summed E-state index contributed by atoms with van der Waals surface area (Å²) in [6.45, 7) is 0. The summed E-state index contributed by atoms with van der Waals surface area (Å²) < 4.78 is 0.775. The molecule has 0 unspecified atom stereocenters. The highest BCUT2D eigenvalue weighted by Crippen LogP contribution is 2.08. The maximum atomic E-state index is 8.76. The van der Waals surface area contributed by atoms with Gasteiger partial charge in [-0.3, -0.25) is 0 Å². The predicted molar refractivity (Wildman–Crippen MR) is 32.4 cm³/mol. The molecule has 0 saturated carbocycles. The summed E-state index contributed by atoms with van der Waals surface area (Å²) in [5, 5.41) is 8.76. The standard InChI is InChI=1S/C5H4BrNO.ClH/c6-5-3-4(8)1-2-7-5;/h1-3H,(H,7,8);1H. The average molecular weight is 210 g/mol. The van der Waals surface area contributed by atoms with Gasteiger partial charge >= 0.3 is 0 Å². The Morgan fingerprint density at radius 1 is 1.56 bits per heavy atom. The highest BCUT2D eigenvalue weighted by atomic mass is 79.9. The van der Waals surface area contributed by atoms with Crippen LogP contribution in [-0.4, -0.2) is 5.11 Å². The van der Waals surface area contributed by atoms with E-state index in [9.17, 15) is 0 Å². The molecule has 0 atom stereocenters. The van der Waals surface area contributed by atoms with Gasteiger partial charge in [-0.25, -0.2) is 4.98 Å². The Bertz CT molecular complexity index is 177. The van der Waals surface area contributed by atoms with Gasteiger partial charge < -0.3 is 17.5 Å². The van der Waals surface area contributed by atoms with E-state index in [4.69, 9.17) is 5.11 Å². The van der Waals surface area contributed by atoms with Crippen LogP contribution < -0.4 is 17.4 Å². The lowest BCUT2D eigenvalue weighted by Crippen LogP contribution is -3.00. The van der Waals surface area contributed by atoms with Crippen molar-refractivity contribution < 1.29 is 22.5 Å². The van der Waals surface area contributed by atoms with Gasteiger partial charge in [0.05, 0.1) is 6.07 Å². The molecule has 1 rings (SSSR count). The lowest BCUT2D eigenvalue weighted by atomic mass is 10.5. The molecule has 0 aliphatic heterocycles. The highest BCUT2D eigenvalue weighted by Gasteiger charge is 1.93. The van der Waals surface area contributed by atoms with Crippen molar-refractivity contribution >= 4 is 15.9 Å². The van der Waals surface area contributed by atoms with E-state index in [2.05, 4.69) is 20.9 Å². The maximum Gasteiger partial charge on any atom is 0.249 e. The number of H-pyrrole nitrogens is 1. The molecule has 0 amide bonds. The summed E-state index contributed by atoms with van der Waals surface area (Å²) in [5.41, 5.74) is 0. The summed E-state index contributed by atoms with van der Waals surface area (Å²) in [5.74, 6) is 0.260. The molecular weight excluding hydrogens is 205 g/mol. The molecule has 0 spiro atoms. The highest BCUT2D eigenvalue weighted by molar-refractivity contribution is 9.10. The van der Waals surface area contributed by atoms with Crippen molar-refractivity contribution in [3.8, 4) is 5.75 Å². The smallest absolute Gasteiger partial charge is 0.249 e. The normalized spacial score (nSPS) is 8.11. The van der Waals surface area contributed by atoms with Crippen LogP contribution in [0.2, 0.25) is 0 Å². The van der Waals surface area contributed by atoms with E-state index in [0.29, 0.717) is 0 Å². The summed E-state index contributed by atoms with van der Waals surface area (Å²) in [4.78, 5) is 2.83. The molecule has 0 fully saturated rings.